The second-order valence-electron chi connectivity index (χ2n) is 7.03. The van der Waals surface area contributed by atoms with Crippen LogP contribution >= 0.6 is 39.1 Å². The van der Waals surface area contributed by atoms with Crippen LogP contribution in [0.3, 0.4) is 0 Å². The number of methoxy groups -OCH3 is 1. The molecule has 0 saturated carbocycles. The number of amides is 2. The number of carbonyl (C=O) groups excluding carboxylic acids is 2. The molecule has 6 nitrogen and oxygen atoms in total. The lowest BCUT2D eigenvalue weighted by Gasteiger charge is -2.14. The standard InChI is InChI=1S/C24H17BrCl2N2O4/c1-32-21-11-14(9-18-23(30)28-29(24(18)31)17-5-3-2-4-6-17)10-19(25)22(21)33-13-15-7-8-16(26)12-20(15)27/h2-12H,13H2,1H3,(H,28,30)/b18-9+. The van der Waals surface area contributed by atoms with Crippen molar-refractivity contribution in [3.05, 3.63) is 91.9 Å². The lowest BCUT2D eigenvalue weighted by Crippen LogP contribution is -2.35. The highest BCUT2D eigenvalue weighted by molar-refractivity contribution is 9.10. The molecule has 1 saturated heterocycles. The minimum atomic E-state index is -0.489. The molecule has 1 N–H and O–H groups in total. The molecule has 0 radical (unpaired) electrons. The zero-order valence-corrected chi connectivity index (χ0v) is 20.4. The summed E-state index contributed by atoms with van der Waals surface area (Å²) in [5.74, 6) is -0.0542. The molecule has 1 aliphatic rings. The average molecular weight is 548 g/mol. The predicted molar refractivity (Wildman–Crippen MR) is 132 cm³/mol. The summed E-state index contributed by atoms with van der Waals surface area (Å²) in [5, 5.41) is 2.25. The Morgan fingerprint density at radius 2 is 1.82 bits per heavy atom. The Morgan fingerprint density at radius 1 is 1.06 bits per heavy atom. The Hall–Kier alpha value is -3.00. The number of hydrogen-bond acceptors (Lipinski definition) is 4. The number of hydrogen-bond donors (Lipinski definition) is 1. The van der Waals surface area contributed by atoms with Crippen molar-refractivity contribution in [2.24, 2.45) is 0 Å². The van der Waals surface area contributed by atoms with E-state index >= 15 is 0 Å². The van der Waals surface area contributed by atoms with Gasteiger partial charge in [-0.25, -0.2) is 5.01 Å². The second-order valence-corrected chi connectivity index (χ2v) is 8.73. The van der Waals surface area contributed by atoms with Crippen LogP contribution in [0.1, 0.15) is 11.1 Å². The maximum Gasteiger partial charge on any atom is 0.282 e. The molecule has 0 spiro atoms. The van der Waals surface area contributed by atoms with Gasteiger partial charge in [0.2, 0.25) is 0 Å². The van der Waals surface area contributed by atoms with Crippen LogP contribution in [0, 0.1) is 0 Å². The summed E-state index contributed by atoms with van der Waals surface area (Å²) in [7, 11) is 1.51. The molecule has 3 aromatic rings. The zero-order chi connectivity index (χ0) is 23.5. The van der Waals surface area contributed by atoms with Gasteiger partial charge in [-0.05, 0) is 64.0 Å². The Bertz CT molecular complexity index is 1260. The van der Waals surface area contributed by atoms with E-state index in [0.29, 0.717) is 37.3 Å². The quantitative estimate of drug-likeness (QED) is 0.312. The fourth-order valence-electron chi connectivity index (χ4n) is 3.23. The van der Waals surface area contributed by atoms with Crippen molar-refractivity contribution in [3.8, 4) is 11.5 Å². The predicted octanol–water partition coefficient (Wildman–Crippen LogP) is 5.80. The molecule has 1 aliphatic heterocycles. The molecule has 1 heterocycles. The van der Waals surface area contributed by atoms with Crippen molar-refractivity contribution in [1.82, 2.24) is 5.43 Å². The fourth-order valence-corrected chi connectivity index (χ4v) is 4.27. The lowest BCUT2D eigenvalue weighted by atomic mass is 10.1. The molecule has 0 atom stereocenters. The molecule has 2 amide bonds. The highest BCUT2D eigenvalue weighted by atomic mass is 79.9. The molecule has 1 fully saturated rings. The number of hydrazine groups is 1. The van der Waals surface area contributed by atoms with Crippen molar-refractivity contribution in [1.29, 1.82) is 0 Å². The number of nitrogens with zero attached hydrogens (tertiary/aromatic N) is 1. The molecule has 4 rings (SSSR count). The first kappa shape index (κ1) is 23.2. The minimum Gasteiger partial charge on any atom is -0.493 e. The number of anilines is 1. The van der Waals surface area contributed by atoms with E-state index in [1.54, 1.807) is 54.6 Å². The molecular formula is C24H17BrCl2N2O4. The largest absolute Gasteiger partial charge is 0.493 e. The first-order chi connectivity index (χ1) is 15.9. The summed E-state index contributed by atoms with van der Waals surface area (Å²) < 4.78 is 12.0. The van der Waals surface area contributed by atoms with Gasteiger partial charge in [-0.15, -0.1) is 0 Å². The Kier molecular flexibility index (Phi) is 6.93. The van der Waals surface area contributed by atoms with Crippen LogP contribution in [-0.2, 0) is 16.2 Å². The minimum absolute atomic E-state index is 0.00872. The molecule has 0 aliphatic carbocycles. The van der Waals surface area contributed by atoms with Crippen molar-refractivity contribution in [2.75, 3.05) is 12.1 Å². The topological polar surface area (TPSA) is 67.9 Å². The van der Waals surface area contributed by atoms with Gasteiger partial charge in [0.25, 0.3) is 11.8 Å². The highest BCUT2D eigenvalue weighted by Gasteiger charge is 2.34. The van der Waals surface area contributed by atoms with E-state index in [1.807, 2.05) is 6.07 Å². The number of para-hydroxylation sites is 1. The van der Waals surface area contributed by atoms with Crippen LogP contribution < -0.4 is 19.9 Å². The maximum atomic E-state index is 12.8. The summed E-state index contributed by atoms with van der Waals surface area (Å²) in [6.07, 6.45) is 1.51. The Morgan fingerprint density at radius 3 is 2.52 bits per heavy atom. The van der Waals surface area contributed by atoms with Crippen molar-refractivity contribution in [3.63, 3.8) is 0 Å². The molecule has 3 aromatic carbocycles. The first-order valence-corrected chi connectivity index (χ1v) is 11.3. The average Bonchev–Trinajstić information content (AvgIpc) is 3.08. The van der Waals surface area contributed by atoms with Gasteiger partial charge in [0, 0.05) is 15.6 Å². The summed E-state index contributed by atoms with van der Waals surface area (Å²) in [4.78, 5) is 25.3. The first-order valence-electron chi connectivity index (χ1n) is 9.74. The van der Waals surface area contributed by atoms with Gasteiger partial charge in [-0.2, -0.15) is 0 Å². The summed E-state index contributed by atoms with van der Waals surface area (Å²) in [6.45, 7) is 0.193. The number of benzene rings is 3. The molecule has 9 heteroatoms. The molecule has 33 heavy (non-hydrogen) atoms. The molecule has 0 unspecified atom stereocenters. The highest BCUT2D eigenvalue weighted by Crippen LogP contribution is 2.38. The van der Waals surface area contributed by atoms with E-state index < -0.39 is 11.8 Å². The van der Waals surface area contributed by atoms with E-state index in [0.717, 1.165) is 5.56 Å². The number of halogens is 3. The van der Waals surface area contributed by atoms with Crippen LogP contribution in [0.25, 0.3) is 6.08 Å². The maximum absolute atomic E-state index is 12.8. The normalized spacial score (nSPS) is 14.5. The van der Waals surface area contributed by atoms with Crippen molar-refractivity contribution >= 4 is 62.7 Å². The number of carbonyl (C=O) groups is 2. The molecule has 168 valence electrons. The second kappa shape index (κ2) is 9.87. The van der Waals surface area contributed by atoms with E-state index in [9.17, 15) is 9.59 Å². The zero-order valence-electron chi connectivity index (χ0n) is 17.3. The van der Waals surface area contributed by atoms with Gasteiger partial charge in [0.1, 0.15) is 12.2 Å². The number of nitrogens with one attached hydrogen (secondary N) is 1. The van der Waals surface area contributed by atoms with E-state index in [1.165, 1.54) is 18.2 Å². The fraction of sp³-hybridized carbons (Fsp3) is 0.0833. The molecule has 0 bridgehead atoms. The van der Waals surface area contributed by atoms with Crippen LogP contribution in [-0.4, -0.2) is 18.9 Å². The summed E-state index contributed by atoms with van der Waals surface area (Å²) in [6, 6.07) is 17.5. The SMILES string of the molecule is COc1cc(/C=C2\C(=O)NN(c3ccccc3)C2=O)cc(Br)c1OCc1ccc(Cl)cc1Cl. The van der Waals surface area contributed by atoms with Gasteiger partial charge >= 0.3 is 0 Å². The van der Waals surface area contributed by atoms with Crippen LogP contribution in [0.4, 0.5) is 5.69 Å². The van der Waals surface area contributed by atoms with Crippen LogP contribution in [0.5, 0.6) is 11.5 Å². The third kappa shape index (κ3) is 5.00. The smallest absolute Gasteiger partial charge is 0.282 e. The third-order valence-electron chi connectivity index (χ3n) is 4.86. The van der Waals surface area contributed by atoms with Crippen molar-refractivity contribution in [2.45, 2.75) is 6.61 Å². The van der Waals surface area contributed by atoms with E-state index in [2.05, 4.69) is 21.4 Å². The van der Waals surface area contributed by atoms with Crippen LogP contribution in [0.15, 0.2) is 70.7 Å². The lowest BCUT2D eigenvalue weighted by molar-refractivity contribution is -0.117. The molecule has 0 aromatic heterocycles. The summed E-state index contributed by atoms with van der Waals surface area (Å²) >= 11 is 15.7. The Labute approximate surface area is 208 Å². The number of ether oxygens (including phenoxy) is 2. The van der Waals surface area contributed by atoms with E-state index in [-0.39, 0.29) is 12.2 Å². The molecular weight excluding hydrogens is 531 g/mol. The van der Waals surface area contributed by atoms with Crippen LogP contribution in [0.2, 0.25) is 10.0 Å². The monoisotopic (exact) mass is 546 g/mol. The van der Waals surface area contributed by atoms with Gasteiger partial charge in [-0.3, -0.25) is 15.0 Å². The van der Waals surface area contributed by atoms with E-state index in [4.69, 9.17) is 32.7 Å². The Balaban J connectivity index is 1.59. The third-order valence-corrected chi connectivity index (χ3v) is 6.03. The van der Waals surface area contributed by atoms with Crippen molar-refractivity contribution < 1.29 is 19.1 Å². The van der Waals surface area contributed by atoms with Gasteiger partial charge in [0.15, 0.2) is 11.5 Å². The van der Waals surface area contributed by atoms with Gasteiger partial charge in [0.05, 0.1) is 17.3 Å². The summed E-state index contributed by atoms with van der Waals surface area (Å²) in [5.41, 5.74) is 4.51. The van der Waals surface area contributed by atoms with Gasteiger partial charge < -0.3 is 9.47 Å². The number of rotatable bonds is 6. The van der Waals surface area contributed by atoms with Gasteiger partial charge in [-0.1, -0.05) is 47.5 Å².